The Kier molecular flexibility index (Phi) is 11.7. The summed E-state index contributed by atoms with van der Waals surface area (Å²) in [5.41, 5.74) is 1.21. The summed E-state index contributed by atoms with van der Waals surface area (Å²) in [6, 6.07) is 6.44. The van der Waals surface area contributed by atoms with Crippen LogP contribution in [0.5, 0.6) is 0 Å². The van der Waals surface area contributed by atoms with E-state index in [1.165, 1.54) is 18.6 Å². The molecule has 0 spiro atoms. The van der Waals surface area contributed by atoms with Gasteiger partial charge in [0.1, 0.15) is 5.82 Å². The van der Waals surface area contributed by atoms with Crippen LogP contribution in [0.1, 0.15) is 95.1 Å². The molecule has 2 aliphatic carbocycles. The number of amides is 1. The molecular weight excluding hydrogens is 554 g/mol. The second-order valence-corrected chi connectivity index (χ2v) is 13.1. The van der Waals surface area contributed by atoms with Gasteiger partial charge < -0.3 is 21.1 Å². The number of hydrogen-bond acceptors (Lipinski definition) is 9. The lowest BCUT2D eigenvalue weighted by atomic mass is 9.93. The maximum absolute atomic E-state index is 12.8. The fraction of sp³-hybridized carbons (Fsp3) is 0.600. The van der Waals surface area contributed by atoms with Gasteiger partial charge in [-0.2, -0.15) is 4.98 Å². The van der Waals surface area contributed by atoms with Gasteiger partial charge >= 0.3 is 0 Å². The zero-order valence-electron chi connectivity index (χ0n) is 24.5. The standard InChI is InChI=1S/C30H45N7O4S/c1-2-3-18-32-30-33-20-26(29(37-30)36-23-11-13-24(38)14-12-23)28(31)21-9-15-25(16-10-21)42(40,41)34-19-17-27(39)35-22-7-5-4-6-8-22/h9-10,15-16,20,22-24,31,34,38H,2-8,11-14,17-19H2,1H3,(H,35,39)(H2,32,33,36,37). The molecular formula is C30H45N7O4S. The van der Waals surface area contributed by atoms with Gasteiger partial charge in [-0.05, 0) is 57.1 Å². The zero-order chi connectivity index (χ0) is 30.0. The van der Waals surface area contributed by atoms with Crippen molar-refractivity contribution in [2.75, 3.05) is 23.7 Å². The molecule has 0 radical (unpaired) electrons. The van der Waals surface area contributed by atoms with E-state index >= 15 is 0 Å². The molecule has 1 amide bonds. The first kappa shape index (κ1) is 31.8. The molecule has 0 saturated heterocycles. The van der Waals surface area contributed by atoms with Crippen LogP contribution >= 0.6 is 0 Å². The Labute approximate surface area is 249 Å². The highest BCUT2D eigenvalue weighted by atomic mass is 32.2. The van der Waals surface area contributed by atoms with Gasteiger partial charge in [0.15, 0.2) is 0 Å². The first-order valence-corrected chi connectivity index (χ1v) is 16.8. The van der Waals surface area contributed by atoms with Gasteiger partial charge in [-0.1, -0.05) is 44.7 Å². The molecule has 42 heavy (non-hydrogen) atoms. The van der Waals surface area contributed by atoms with E-state index in [2.05, 4.69) is 37.6 Å². The van der Waals surface area contributed by atoms with E-state index < -0.39 is 10.0 Å². The van der Waals surface area contributed by atoms with Crippen LogP contribution in [0.3, 0.4) is 0 Å². The second-order valence-electron chi connectivity index (χ2n) is 11.3. The lowest BCUT2D eigenvalue weighted by Gasteiger charge is -2.27. The molecule has 1 aromatic heterocycles. The van der Waals surface area contributed by atoms with Crippen molar-refractivity contribution in [2.45, 2.75) is 107 Å². The van der Waals surface area contributed by atoms with E-state index in [1.807, 2.05) is 0 Å². The minimum atomic E-state index is -3.81. The third kappa shape index (κ3) is 9.20. The first-order chi connectivity index (χ1) is 20.2. The van der Waals surface area contributed by atoms with Gasteiger partial charge in [0.05, 0.1) is 22.3 Å². The quantitative estimate of drug-likeness (QED) is 0.140. The van der Waals surface area contributed by atoms with Gasteiger partial charge in [-0.15, -0.1) is 0 Å². The van der Waals surface area contributed by atoms with Crippen molar-refractivity contribution in [2.24, 2.45) is 0 Å². The van der Waals surface area contributed by atoms with Gasteiger partial charge in [-0.25, -0.2) is 18.1 Å². The Morgan fingerprint density at radius 3 is 2.40 bits per heavy atom. The van der Waals surface area contributed by atoms with Crippen LogP contribution in [-0.4, -0.2) is 66.4 Å². The highest BCUT2D eigenvalue weighted by Crippen LogP contribution is 2.25. The topological polar surface area (TPSA) is 169 Å². The third-order valence-corrected chi connectivity index (χ3v) is 9.45. The summed E-state index contributed by atoms with van der Waals surface area (Å²) in [6.45, 7) is 2.88. The number of hydrogen-bond donors (Lipinski definition) is 6. The molecule has 12 heteroatoms. The van der Waals surface area contributed by atoms with Crippen molar-refractivity contribution < 1.29 is 18.3 Å². The predicted octanol–water partition coefficient (Wildman–Crippen LogP) is 3.94. The number of benzene rings is 1. The number of anilines is 2. The lowest BCUT2D eigenvalue weighted by molar-refractivity contribution is -0.121. The summed E-state index contributed by atoms with van der Waals surface area (Å²) in [7, 11) is -3.81. The van der Waals surface area contributed by atoms with Crippen LogP contribution in [0.15, 0.2) is 35.4 Å². The van der Waals surface area contributed by atoms with Crippen LogP contribution < -0.4 is 20.7 Å². The van der Waals surface area contributed by atoms with E-state index in [1.54, 1.807) is 18.3 Å². The van der Waals surface area contributed by atoms with Crippen molar-refractivity contribution in [3.8, 4) is 0 Å². The average Bonchev–Trinajstić information content (AvgIpc) is 2.99. The van der Waals surface area contributed by atoms with E-state index in [-0.39, 0.29) is 47.7 Å². The highest BCUT2D eigenvalue weighted by Gasteiger charge is 2.23. The van der Waals surface area contributed by atoms with Crippen molar-refractivity contribution in [3.63, 3.8) is 0 Å². The molecule has 0 bridgehead atoms. The summed E-state index contributed by atoms with van der Waals surface area (Å²) in [5.74, 6) is 0.884. The Hall–Kier alpha value is -3.09. The third-order valence-electron chi connectivity index (χ3n) is 7.98. The smallest absolute Gasteiger partial charge is 0.240 e. The Morgan fingerprint density at radius 1 is 1.00 bits per heavy atom. The average molecular weight is 600 g/mol. The molecule has 2 saturated carbocycles. The van der Waals surface area contributed by atoms with Crippen LogP contribution in [-0.2, 0) is 14.8 Å². The molecule has 2 aromatic rings. The molecule has 0 aliphatic heterocycles. The second kappa shape index (κ2) is 15.4. The number of rotatable bonds is 14. The predicted molar refractivity (Wildman–Crippen MR) is 165 cm³/mol. The van der Waals surface area contributed by atoms with E-state index in [0.717, 1.165) is 57.9 Å². The van der Waals surface area contributed by atoms with Crippen molar-refractivity contribution in [1.29, 1.82) is 5.41 Å². The van der Waals surface area contributed by atoms with Crippen LogP contribution in [0, 0.1) is 5.41 Å². The molecule has 2 aliphatic rings. The van der Waals surface area contributed by atoms with Crippen LogP contribution in [0.4, 0.5) is 11.8 Å². The van der Waals surface area contributed by atoms with E-state index in [9.17, 15) is 18.3 Å². The summed E-state index contributed by atoms with van der Waals surface area (Å²) >= 11 is 0. The van der Waals surface area contributed by atoms with E-state index in [0.29, 0.717) is 35.7 Å². The van der Waals surface area contributed by atoms with Gasteiger partial charge in [0.2, 0.25) is 21.9 Å². The molecule has 6 N–H and O–H groups in total. The van der Waals surface area contributed by atoms with E-state index in [4.69, 9.17) is 5.41 Å². The van der Waals surface area contributed by atoms with Crippen molar-refractivity contribution >= 4 is 33.4 Å². The summed E-state index contributed by atoms with van der Waals surface area (Å²) in [5, 5.41) is 28.5. The number of nitrogens with zero attached hydrogens (tertiary/aromatic N) is 2. The summed E-state index contributed by atoms with van der Waals surface area (Å²) in [6.07, 6.45) is 11.9. The number of aromatic nitrogens is 2. The minimum absolute atomic E-state index is 0.0155. The summed E-state index contributed by atoms with van der Waals surface area (Å²) < 4.78 is 28.2. The Bertz CT molecular complexity index is 1290. The molecule has 4 rings (SSSR count). The molecule has 2 fully saturated rings. The fourth-order valence-corrected chi connectivity index (χ4v) is 6.47. The number of carbonyl (C=O) groups excluding carboxylic acids is 1. The maximum atomic E-state index is 12.8. The van der Waals surface area contributed by atoms with Crippen LogP contribution in [0.25, 0.3) is 0 Å². The first-order valence-electron chi connectivity index (χ1n) is 15.3. The van der Waals surface area contributed by atoms with Crippen molar-refractivity contribution in [1.82, 2.24) is 20.0 Å². The number of nitrogens with one attached hydrogen (secondary N) is 5. The maximum Gasteiger partial charge on any atom is 0.240 e. The van der Waals surface area contributed by atoms with Gasteiger partial charge in [0.25, 0.3) is 0 Å². The number of aliphatic hydroxyl groups excluding tert-OH is 1. The molecule has 1 aromatic carbocycles. The number of unbranched alkanes of at least 4 members (excludes halogenated alkanes) is 1. The zero-order valence-corrected chi connectivity index (χ0v) is 25.3. The lowest BCUT2D eigenvalue weighted by Crippen LogP contribution is -2.38. The molecule has 0 unspecified atom stereocenters. The normalized spacial score (nSPS) is 19.7. The Balaban J connectivity index is 1.40. The number of sulfonamides is 1. The SMILES string of the molecule is CCCCNc1ncc(C(=N)c2ccc(S(=O)(=O)NCCC(=O)NC3CCCCC3)cc2)c(NC2CCC(O)CC2)n1. The molecule has 0 atom stereocenters. The van der Waals surface area contributed by atoms with Gasteiger partial charge in [0, 0.05) is 43.4 Å². The minimum Gasteiger partial charge on any atom is -0.393 e. The van der Waals surface area contributed by atoms with Crippen LogP contribution in [0.2, 0.25) is 0 Å². The Morgan fingerprint density at radius 2 is 1.71 bits per heavy atom. The van der Waals surface area contributed by atoms with Crippen molar-refractivity contribution in [3.05, 3.63) is 41.6 Å². The molecule has 11 nitrogen and oxygen atoms in total. The number of carbonyl (C=O) groups is 1. The van der Waals surface area contributed by atoms with Gasteiger partial charge in [-0.3, -0.25) is 10.2 Å². The summed E-state index contributed by atoms with van der Waals surface area (Å²) in [4.78, 5) is 21.4. The monoisotopic (exact) mass is 599 g/mol. The highest BCUT2D eigenvalue weighted by molar-refractivity contribution is 7.89. The fourth-order valence-electron chi connectivity index (χ4n) is 5.44. The molecule has 1 heterocycles. The molecule has 230 valence electrons. The number of aliphatic hydroxyl groups is 1. The largest absolute Gasteiger partial charge is 0.393 e.